The molecule has 1 saturated heterocycles. The maximum absolute atomic E-state index is 13.4. The molecule has 206 valence electrons. The fraction of sp³-hybridized carbons (Fsp3) is 0.393. The van der Waals surface area contributed by atoms with Crippen molar-refractivity contribution in [2.24, 2.45) is 0 Å². The fourth-order valence-electron chi connectivity index (χ4n) is 4.61. The molecule has 2 aliphatic heterocycles. The van der Waals surface area contributed by atoms with Gasteiger partial charge in [-0.15, -0.1) is 0 Å². The molecule has 3 atom stereocenters. The number of likely N-dealkylation sites (N-methyl/N-ethyl adjacent to an activating group) is 1. The molecule has 10 nitrogen and oxygen atoms in total. The van der Waals surface area contributed by atoms with Crippen LogP contribution in [0.4, 0.5) is 0 Å². The maximum Gasteiger partial charge on any atom is 0.338 e. The number of carbonyl (C=O) groups excluding carboxylic acids is 5. The van der Waals surface area contributed by atoms with Crippen LogP contribution in [0.15, 0.2) is 54.6 Å². The summed E-state index contributed by atoms with van der Waals surface area (Å²) in [6.45, 7) is -0.0226. The Morgan fingerprint density at radius 1 is 1.05 bits per heavy atom. The lowest BCUT2D eigenvalue weighted by atomic mass is 10.1. The number of benzene rings is 2. The average molecular weight is 553 g/mol. The number of likely N-dealkylation sites (tertiary alicyclic amines) is 1. The van der Waals surface area contributed by atoms with E-state index in [0.29, 0.717) is 36.3 Å². The van der Waals surface area contributed by atoms with E-state index >= 15 is 0 Å². The quantitative estimate of drug-likeness (QED) is 0.550. The van der Waals surface area contributed by atoms with E-state index in [9.17, 15) is 24.0 Å². The first-order valence-corrected chi connectivity index (χ1v) is 13.9. The number of nitrogens with one attached hydrogen (secondary N) is 2. The van der Waals surface area contributed by atoms with Crippen LogP contribution in [0.1, 0.15) is 39.1 Å². The molecule has 2 aliphatic rings. The van der Waals surface area contributed by atoms with Crippen LogP contribution in [-0.4, -0.2) is 90.5 Å². The van der Waals surface area contributed by atoms with Crippen LogP contribution in [0, 0.1) is 0 Å². The van der Waals surface area contributed by atoms with E-state index in [1.54, 1.807) is 56.6 Å². The topological polar surface area (TPSA) is 125 Å². The minimum absolute atomic E-state index is 0.270. The van der Waals surface area contributed by atoms with Crippen molar-refractivity contribution in [3.63, 3.8) is 0 Å². The fourth-order valence-corrected chi connectivity index (χ4v) is 5.66. The van der Waals surface area contributed by atoms with E-state index in [0.717, 1.165) is 5.56 Å². The van der Waals surface area contributed by atoms with E-state index < -0.39 is 42.5 Å². The predicted octanol–water partition coefficient (Wildman–Crippen LogP) is 1.45. The summed E-state index contributed by atoms with van der Waals surface area (Å²) < 4.78 is 5.47. The van der Waals surface area contributed by atoms with Crippen LogP contribution < -0.4 is 10.6 Å². The zero-order valence-electron chi connectivity index (χ0n) is 21.9. The second-order valence-corrected chi connectivity index (χ2v) is 10.7. The standard InChI is InChI=1S/C28H32N4O6S/c1-31(2)27(36)22-17-39-16-19-11-6-7-12-20(19)28(37)38-15-21(24(33)30-22)29-25(34)23-13-8-14-32(23)26(35)18-9-4-3-5-10-18/h3-7,9-12,21-23H,8,13-17H2,1-2H3,(H,29,34)(H,30,33)/t21-,22-,23+/m1/s1. The van der Waals surface area contributed by atoms with Gasteiger partial charge in [0.05, 0.1) is 5.56 Å². The number of amides is 4. The lowest BCUT2D eigenvalue weighted by Gasteiger charge is -2.28. The van der Waals surface area contributed by atoms with Gasteiger partial charge in [-0.05, 0) is 36.6 Å². The van der Waals surface area contributed by atoms with Crippen molar-refractivity contribution in [2.75, 3.05) is 33.0 Å². The van der Waals surface area contributed by atoms with Crippen molar-refractivity contribution in [1.82, 2.24) is 20.4 Å². The molecule has 2 N–H and O–H groups in total. The summed E-state index contributed by atoms with van der Waals surface area (Å²) in [6.07, 6.45) is 1.07. The number of cyclic esters (lactones) is 1. The number of ether oxygens (including phenoxy) is 1. The number of esters is 1. The zero-order valence-corrected chi connectivity index (χ0v) is 22.7. The molecule has 0 radical (unpaired) electrons. The van der Waals surface area contributed by atoms with Gasteiger partial charge in [0, 0.05) is 37.7 Å². The summed E-state index contributed by atoms with van der Waals surface area (Å²) in [5.74, 6) is -1.62. The Bertz CT molecular complexity index is 1240. The number of fused-ring (bicyclic) bond motifs is 1. The van der Waals surface area contributed by atoms with Gasteiger partial charge in [0.1, 0.15) is 24.7 Å². The Morgan fingerprint density at radius 2 is 1.77 bits per heavy atom. The van der Waals surface area contributed by atoms with Gasteiger partial charge in [0.15, 0.2) is 0 Å². The summed E-state index contributed by atoms with van der Waals surface area (Å²) in [7, 11) is 3.20. The zero-order chi connectivity index (χ0) is 27.9. The van der Waals surface area contributed by atoms with Gasteiger partial charge in [0.25, 0.3) is 5.91 Å². The predicted molar refractivity (Wildman–Crippen MR) is 146 cm³/mol. The Morgan fingerprint density at radius 3 is 2.51 bits per heavy atom. The summed E-state index contributed by atoms with van der Waals surface area (Å²) in [5, 5.41) is 5.40. The Labute approximate surface area is 231 Å². The summed E-state index contributed by atoms with van der Waals surface area (Å²) in [4.78, 5) is 68.4. The minimum atomic E-state index is -1.26. The van der Waals surface area contributed by atoms with Gasteiger partial charge < -0.3 is 25.2 Å². The SMILES string of the molecule is CN(C)C(=O)[C@H]1CSCc2ccccc2C(=O)OC[C@@H](NC(=O)[C@@H]2CCCN2C(=O)c2ccccc2)C(=O)N1. The lowest BCUT2D eigenvalue weighted by molar-refractivity contribution is -0.136. The van der Waals surface area contributed by atoms with Crippen LogP contribution >= 0.6 is 11.8 Å². The van der Waals surface area contributed by atoms with Gasteiger partial charge in [0.2, 0.25) is 17.7 Å². The number of hydrogen-bond donors (Lipinski definition) is 2. The molecule has 2 heterocycles. The Balaban J connectivity index is 1.55. The highest BCUT2D eigenvalue weighted by atomic mass is 32.2. The average Bonchev–Trinajstić information content (AvgIpc) is 3.44. The van der Waals surface area contributed by atoms with Gasteiger partial charge in [-0.1, -0.05) is 36.4 Å². The molecule has 2 aromatic rings. The van der Waals surface area contributed by atoms with Crippen LogP contribution in [0.2, 0.25) is 0 Å². The van der Waals surface area contributed by atoms with Gasteiger partial charge in [-0.3, -0.25) is 19.2 Å². The maximum atomic E-state index is 13.4. The molecule has 0 unspecified atom stereocenters. The Hall–Kier alpha value is -3.86. The third kappa shape index (κ3) is 6.78. The highest BCUT2D eigenvalue weighted by molar-refractivity contribution is 7.98. The molecule has 0 spiro atoms. The van der Waals surface area contributed by atoms with E-state index in [1.807, 2.05) is 12.1 Å². The van der Waals surface area contributed by atoms with Gasteiger partial charge in [-0.25, -0.2) is 4.79 Å². The number of carbonyl (C=O) groups is 5. The summed E-state index contributed by atoms with van der Waals surface area (Å²) in [5.41, 5.74) is 1.58. The molecule has 4 rings (SSSR count). The molecule has 4 amide bonds. The minimum Gasteiger partial charge on any atom is -0.459 e. The number of nitrogens with zero attached hydrogens (tertiary/aromatic N) is 2. The van der Waals surface area contributed by atoms with Crippen molar-refractivity contribution < 1.29 is 28.7 Å². The highest BCUT2D eigenvalue weighted by Crippen LogP contribution is 2.22. The van der Waals surface area contributed by atoms with Crippen molar-refractivity contribution in [3.8, 4) is 0 Å². The first kappa shape index (κ1) is 28.2. The molecule has 0 bridgehead atoms. The number of rotatable bonds is 4. The summed E-state index contributed by atoms with van der Waals surface area (Å²) in [6, 6.07) is 12.8. The first-order valence-electron chi connectivity index (χ1n) is 12.8. The van der Waals surface area contributed by atoms with Crippen LogP contribution in [-0.2, 0) is 24.9 Å². The molecule has 1 fully saturated rings. The molecule has 39 heavy (non-hydrogen) atoms. The van der Waals surface area contributed by atoms with E-state index in [4.69, 9.17) is 4.74 Å². The first-order chi connectivity index (χ1) is 18.8. The molecule has 2 aromatic carbocycles. The van der Waals surface area contributed by atoms with Crippen LogP contribution in [0.5, 0.6) is 0 Å². The lowest BCUT2D eigenvalue weighted by Crippen LogP contribution is -2.58. The van der Waals surface area contributed by atoms with Crippen molar-refractivity contribution in [2.45, 2.75) is 36.7 Å². The molecular formula is C28H32N4O6S. The molecular weight excluding hydrogens is 520 g/mol. The van der Waals surface area contributed by atoms with E-state index in [2.05, 4.69) is 10.6 Å². The van der Waals surface area contributed by atoms with E-state index in [1.165, 1.54) is 21.6 Å². The van der Waals surface area contributed by atoms with Crippen molar-refractivity contribution >= 4 is 41.4 Å². The van der Waals surface area contributed by atoms with Gasteiger partial charge in [-0.2, -0.15) is 11.8 Å². The van der Waals surface area contributed by atoms with Gasteiger partial charge >= 0.3 is 5.97 Å². The third-order valence-electron chi connectivity index (χ3n) is 6.69. The third-order valence-corrected chi connectivity index (χ3v) is 7.77. The molecule has 0 aliphatic carbocycles. The van der Waals surface area contributed by atoms with Crippen LogP contribution in [0.3, 0.4) is 0 Å². The number of hydrogen-bond acceptors (Lipinski definition) is 7. The molecule has 0 saturated carbocycles. The smallest absolute Gasteiger partial charge is 0.338 e. The van der Waals surface area contributed by atoms with E-state index in [-0.39, 0.29) is 17.6 Å². The highest BCUT2D eigenvalue weighted by Gasteiger charge is 2.37. The second-order valence-electron chi connectivity index (χ2n) is 9.65. The molecule has 0 aromatic heterocycles. The van der Waals surface area contributed by atoms with Crippen molar-refractivity contribution in [1.29, 1.82) is 0 Å². The number of thioether (sulfide) groups is 1. The summed E-state index contributed by atoms with van der Waals surface area (Å²) >= 11 is 1.40. The Kier molecular flexibility index (Phi) is 9.23. The normalized spacial score (nSPS) is 21.9. The molecule has 11 heteroatoms. The monoisotopic (exact) mass is 552 g/mol. The van der Waals surface area contributed by atoms with Crippen molar-refractivity contribution in [3.05, 3.63) is 71.3 Å². The van der Waals surface area contributed by atoms with Crippen LogP contribution in [0.25, 0.3) is 0 Å². The largest absolute Gasteiger partial charge is 0.459 e. The second kappa shape index (κ2) is 12.8.